The van der Waals surface area contributed by atoms with Crippen molar-refractivity contribution in [3.8, 4) is 0 Å². The molecule has 5 heteroatoms. The first kappa shape index (κ1) is 13.1. The lowest BCUT2D eigenvalue weighted by Gasteiger charge is -2.18. The molecule has 18 heavy (non-hydrogen) atoms. The predicted molar refractivity (Wildman–Crippen MR) is 74.6 cm³/mol. The van der Waals surface area contributed by atoms with E-state index in [1.165, 1.54) is 0 Å². The number of aromatic nitrogens is 2. The molecule has 0 bridgehead atoms. The third-order valence-corrected chi connectivity index (χ3v) is 2.99. The first-order valence-electron chi connectivity index (χ1n) is 5.84. The van der Waals surface area contributed by atoms with Crippen LogP contribution >= 0.6 is 15.9 Å². The van der Waals surface area contributed by atoms with Gasteiger partial charge in [-0.1, -0.05) is 13.8 Å². The molecule has 0 radical (unpaired) electrons. The summed E-state index contributed by atoms with van der Waals surface area (Å²) in [6, 6.07) is 5.75. The topological polar surface area (TPSA) is 42.2 Å². The minimum Gasteiger partial charge on any atom is -0.467 e. The van der Waals surface area contributed by atoms with Gasteiger partial charge in [0.2, 0.25) is 0 Å². The summed E-state index contributed by atoms with van der Waals surface area (Å²) < 4.78 is 6.14. The van der Waals surface area contributed by atoms with Crippen LogP contribution in [0, 0.1) is 0 Å². The molecule has 0 amide bonds. The Bertz CT molecular complexity index is 511. The second-order valence-electron chi connectivity index (χ2n) is 4.50. The van der Waals surface area contributed by atoms with E-state index in [9.17, 15) is 0 Å². The molecular weight excluding hydrogens is 294 g/mol. The molecule has 0 fully saturated rings. The molecule has 2 aromatic heterocycles. The average molecular weight is 310 g/mol. The van der Waals surface area contributed by atoms with Crippen molar-refractivity contribution in [2.24, 2.45) is 0 Å². The van der Waals surface area contributed by atoms with Gasteiger partial charge in [0.15, 0.2) is 0 Å². The van der Waals surface area contributed by atoms with E-state index in [1.807, 2.05) is 30.1 Å². The molecule has 0 unspecified atom stereocenters. The third-order valence-electron chi connectivity index (χ3n) is 2.58. The SMILES string of the molecule is CC(C)c1nc(Br)cc(N(C)Cc2ccco2)n1. The lowest BCUT2D eigenvalue weighted by atomic mass is 10.2. The van der Waals surface area contributed by atoms with E-state index in [-0.39, 0.29) is 0 Å². The number of rotatable bonds is 4. The molecule has 0 atom stereocenters. The van der Waals surface area contributed by atoms with Crippen LogP contribution in [0.5, 0.6) is 0 Å². The van der Waals surface area contributed by atoms with E-state index < -0.39 is 0 Å². The van der Waals surface area contributed by atoms with Gasteiger partial charge in [0.1, 0.15) is 22.0 Å². The molecule has 2 rings (SSSR count). The monoisotopic (exact) mass is 309 g/mol. The summed E-state index contributed by atoms with van der Waals surface area (Å²) in [7, 11) is 1.99. The zero-order chi connectivity index (χ0) is 13.1. The summed E-state index contributed by atoms with van der Waals surface area (Å²) in [5, 5.41) is 0. The first-order chi connectivity index (χ1) is 8.56. The molecule has 0 aliphatic heterocycles. The number of nitrogens with zero attached hydrogens (tertiary/aromatic N) is 3. The van der Waals surface area contributed by atoms with E-state index in [4.69, 9.17) is 4.42 Å². The highest BCUT2D eigenvalue weighted by Gasteiger charge is 2.11. The van der Waals surface area contributed by atoms with Crippen LogP contribution in [0.15, 0.2) is 33.5 Å². The molecule has 0 saturated carbocycles. The molecule has 2 aromatic rings. The van der Waals surface area contributed by atoms with Crippen molar-refractivity contribution >= 4 is 21.7 Å². The Morgan fingerprint density at radius 1 is 1.39 bits per heavy atom. The highest BCUT2D eigenvalue weighted by Crippen LogP contribution is 2.20. The van der Waals surface area contributed by atoms with Crippen LogP contribution in [-0.4, -0.2) is 17.0 Å². The van der Waals surface area contributed by atoms with Crippen LogP contribution in [0.4, 0.5) is 5.82 Å². The van der Waals surface area contributed by atoms with Crippen molar-refractivity contribution in [2.75, 3.05) is 11.9 Å². The molecule has 0 saturated heterocycles. The summed E-state index contributed by atoms with van der Waals surface area (Å²) in [6.45, 7) is 4.85. The maximum Gasteiger partial charge on any atom is 0.134 e. The first-order valence-corrected chi connectivity index (χ1v) is 6.63. The molecule has 96 valence electrons. The summed E-state index contributed by atoms with van der Waals surface area (Å²) >= 11 is 3.43. The number of anilines is 1. The fraction of sp³-hybridized carbons (Fsp3) is 0.385. The lowest BCUT2D eigenvalue weighted by Crippen LogP contribution is -2.18. The summed E-state index contributed by atoms with van der Waals surface area (Å²) in [4.78, 5) is 11.0. The van der Waals surface area contributed by atoms with E-state index in [1.54, 1.807) is 6.26 Å². The van der Waals surface area contributed by atoms with Crippen LogP contribution in [0.2, 0.25) is 0 Å². The Morgan fingerprint density at radius 2 is 2.17 bits per heavy atom. The number of furan rings is 1. The minimum atomic E-state index is 0.304. The largest absolute Gasteiger partial charge is 0.467 e. The lowest BCUT2D eigenvalue weighted by molar-refractivity contribution is 0.506. The third kappa shape index (κ3) is 3.10. The van der Waals surface area contributed by atoms with Gasteiger partial charge >= 0.3 is 0 Å². The van der Waals surface area contributed by atoms with Gasteiger partial charge in [-0.05, 0) is 28.1 Å². The summed E-state index contributed by atoms with van der Waals surface area (Å²) in [5.74, 6) is 2.94. The number of hydrogen-bond donors (Lipinski definition) is 0. The number of hydrogen-bond acceptors (Lipinski definition) is 4. The van der Waals surface area contributed by atoms with E-state index in [0.717, 1.165) is 22.0 Å². The molecule has 0 spiro atoms. The highest BCUT2D eigenvalue weighted by molar-refractivity contribution is 9.10. The molecular formula is C13H16BrN3O. The van der Waals surface area contributed by atoms with Crippen molar-refractivity contribution in [2.45, 2.75) is 26.3 Å². The Labute approximate surface area is 115 Å². The molecule has 0 aliphatic rings. The fourth-order valence-electron chi connectivity index (χ4n) is 1.59. The Kier molecular flexibility index (Phi) is 4.01. The second-order valence-corrected chi connectivity index (χ2v) is 5.31. The fourth-order valence-corrected chi connectivity index (χ4v) is 1.98. The predicted octanol–water partition coefficient (Wildman–Crippen LogP) is 3.59. The standard InChI is InChI=1S/C13H16BrN3O/c1-9(2)13-15-11(14)7-12(16-13)17(3)8-10-5-4-6-18-10/h4-7,9H,8H2,1-3H3. The Morgan fingerprint density at radius 3 is 2.78 bits per heavy atom. The molecule has 2 heterocycles. The van der Waals surface area contributed by atoms with Crippen LogP contribution in [0.25, 0.3) is 0 Å². The minimum absolute atomic E-state index is 0.304. The van der Waals surface area contributed by atoms with Gasteiger partial charge in [-0.25, -0.2) is 9.97 Å². The Balaban J connectivity index is 2.21. The highest BCUT2D eigenvalue weighted by atomic mass is 79.9. The van der Waals surface area contributed by atoms with Crippen molar-refractivity contribution < 1.29 is 4.42 Å². The van der Waals surface area contributed by atoms with E-state index >= 15 is 0 Å². The van der Waals surface area contributed by atoms with Crippen LogP contribution in [-0.2, 0) is 6.54 Å². The Hall–Kier alpha value is -1.36. The molecule has 4 nitrogen and oxygen atoms in total. The zero-order valence-electron chi connectivity index (χ0n) is 10.7. The maximum atomic E-state index is 5.34. The quantitative estimate of drug-likeness (QED) is 0.809. The normalized spacial score (nSPS) is 10.9. The average Bonchev–Trinajstić information content (AvgIpc) is 2.80. The van der Waals surface area contributed by atoms with Gasteiger partial charge in [0.25, 0.3) is 0 Å². The van der Waals surface area contributed by atoms with Crippen molar-refractivity contribution in [3.05, 3.63) is 40.7 Å². The van der Waals surface area contributed by atoms with E-state index in [2.05, 4.69) is 39.7 Å². The molecule has 0 N–H and O–H groups in total. The van der Waals surface area contributed by atoms with E-state index in [0.29, 0.717) is 12.5 Å². The number of halogens is 1. The smallest absolute Gasteiger partial charge is 0.134 e. The summed E-state index contributed by atoms with van der Waals surface area (Å²) in [5.41, 5.74) is 0. The maximum absolute atomic E-state index is 5.34. The van der Waals surface area contributed by atoms with Crippen LogP contribution < -0.4 is 4.90 Å². The zero-order valence-corrected chi connectivity index (χ0v) is 12.3. The van der Waals surface area contributed by atoms with Gasteiger partial charge < -0.3 is 9.32 Å². The van der Waals surface area contributed by atoms with Gasteiger partial charge in [-0.2, -0.15) is 0 Å². The van der Waals surface area contributed by atoms with Gasteiger partial charge in [-0.3, -0.25) is 0 Å². The van der Waals surface area contributed by atoms with Crippen LogP contribution in [0.1, 0.15) is 31.4 Å². The van der Waals surface area contributed by atoms with Crippen molar-refractivity contribution in [1.82, 2.24) is 9.97 Å². The van der Waals surface area contributed by atoms with Gasteiger partial charge in [0, 0.05) is 19.0 Å². The summed E-state index contributed by atoms with van der Waals surface area (Å²) in [6.07, 6.45) is 1.68. The van der Waals surface area contributed by atoms with Crippen molar-refractivity contribution in [1.29, 1.82) is 0 Å². The van der Waals surface area contributed by atoms with Gasteiger partial charge in [0.05, 0.1) is 12.8 Å². The second kappa shape index (κ2) is 5.52. The molecule has 0 aromatic carbocycles. The molecule has 0 aliphatic carbocycles. The van der Waals surface area contributed by atoms with Crippen LogP contribution in [0.3, 0.4) is 0 Å². The van der Waals surface area contributed by atoms with Gasteiger partial charge in [-0.15, -0.1) is 0 Å². The van der Waals surface area contributed by atoms with Crippen molar-refractivity contribution in [3.63, 3.8) is 0 Å².